The summed E-state index contributed by atoms with van der Waals surface area (Å²) < 4.78 is 0.843. The highest BCUT2D eigenvalue weighted by Gasteiger charge is 2.18. The normalized spacial score (nSPS) is 10.3. The van der Waals surface area contributed by atoms with Crippen molar-refractivity contribution in [1.29, 1.82) is 0 Å². The van der Waals surface area contributed by atoms with E-state index in [0.717, 1.165) is 10.2 Å². The van der Waals surface area contributed by atoms with E-state index in [4.69, 9.17) is 5.73 Å². The van der Waals surface area contributed by atoms with Crippen molar-refractivity contribution >= 4 is 33.2 Å². The fraction of sp³-hybridized carbons (Fsp3) is 0.188. The number of aryl methyl sites for hydroxylation is 1. The summed E-state index contributed by atoms with van der Waals surface area (Å²) in [6, 6.07) is 13.2. The Balaban J connectivity index is 2.38. The zero-order chi connectivity index (χ0) is 14.7. The third-order valence-corrected chi connectivity index (χ3v) is 3.65. The van der Waals surface area contributed by atoms with Crippen LogP contribution in [0.5, 0.6) is 0 Å². The number of nitrogens with zero attached hydrogens (tertiary/aromatic N) is 1. The zero-order valence-corrected chi connectivity index (χ0v) is 13.1. The Morgan fingerprint density at radius 1 is 1.20 bits per heavy atom. The van der Waals surface area contributed by atoms with Crippen LogP contribution in [-0.2, 0) is 0 Å². The number of hydrogen-bond acceptors (Lipinski definition) is 2. The Bertz CT molecular complexity index is 623. The minimum Gasteiger partial charge on any atom is -0.398 e. The first-order valence-corrected chi connectivity index (χ1v) is 7.25. The molecule has 2 aromatic rings. The van der Waals surface area contributed by atoms with Gasteiger partial charge in [0, 0.05) is 22.4 Å². The van der Waals surface area contributed by atoms with Gasteiger partial charge in [-0.05, 0) is 44.2 Å². The van der Waals surface area contributed by atoms with Gasteiger partial charge >= 0.3 is 0 Å². The maximum atomic E-state index is 12.7. The summed E-state index contributed by atoms with van der Waals surface area (Å²) in [4.78, 5) is 14.4. The van der Waals surface area contributed by atoms with Gasteiger partial charge in [0.25, 0.3) is 5.91 Å². The van der Waals surface area contributed by atoms with Gasteiger partial charge < -0.3 is 10.6 Å². The molecule has 2 aromatic carbocycles. The minimum absolute atomic E-state index is 0.0878. The van der Waals surface area contributed by atoms with Crippen LogP contribution in [0.1, 0.15) is 22.8 Å². The summed E-state index contributed by atoms with van der Waals surface area (Å²) in [5.41, 5.74) is 8.97. The minimum atomic E-state index is -0.0878. The highest BCUT2D eigenvalue weighted by Crippen LogP contribution is 2.23. The van der Waals surface area contributed by atoms with Crippen LogP contribution in [0.2, 0.25) is 0 Å². The predicted molar refractivity (Wildman–Crippen MR) is 87.1 cm³/mol. The van der Waals surface area contributed by atoms with Crippen LogP contribution < -0.4 is 10.6 Å². The second-order valence-corrected chi connectivity index (χ2v) is 5.53. The molecule has 0 heterocycles. The van der Waals surface area contributed by atoms with E-state index < -0.39 is 0 Å². The van der Waals surface area contributed by atoms with Crippen LogP contribution in [0.25, 0.3) is 0 Å². The summed E-state index contributed by atoms with van der Waals surface area (Å²) in [6.07, 6.45) is 0. The van der Waals surface area contributed by atoms with E-state index in [2.05, 4.69) is 15.9 Å². The Morgan fingerprint density at radius 3 is 2.45 bits per heavy atom. The van der Waals surface area contributed by atoms with Crippen LogP contribution in [-0.4, -0.2) is 12.5 Å². The van der Waals surface area contributed by atoms with Gasteiger partial charge in [0.1, 0.15) is 0 Å². The van der Waals surface area contributed by atoms with Crippen molar-refractivity contribution in [2.45, 2.75) is 13.8 Å². The number of hydrogen-bond donors (Lipinski definition) is 1. The van der Waals surface area contributed by atoms with E-state index in [0.29, 0.717) is 17.8 Å². The lowest BCUT2D eigenvalue weighted by Crippen LogP contribution is -2.31. The van der Waals surface area contributed by atoms with Gasteiger partial charge in [-0.25, -0.2) is 0 Å². The first-order chi connectivity index (χ1) is 9.52. The first-order valence-electron chi connectivity index (χ1n) is 6.46. The average molecular weight is 333 g/mol. The van der Waals surface area contributed by atoms with Crippen molar-refractivity contribution in [2.24, 2.45) is 0 Å². The summed E-state index contributed by atoms with van der Waals surface area (Å²) in [5, 5.41) is 0. The smallest absolute Gasteiger partial charge is 0.260 e. The molecule has 3 nitrogen and oxygen atoms in total. The lowest BCUT2D eigenvalue weighted by Gasteiger charge is -2.22. The molecule has 0 radical (unpaired) electrons. The van der Waals surface area contributed by atoms with Gasteiger partial charge in [0.2, 0.25) is 0 Å². The fourth-order valence-electron chi connectivity index (χ4n) is 2.03. The highest BCUT2D eigenvalue weighted by molar-refractivity contribution is 9.10. The maximum absolute atomic E-state index is 12.7. The number of carbonyl (C=O) groups excluding carboxylic acids is 1. The maximum Gasteiger partial charge on any atom is 0.260 e. The number of amides is 1. The number of halogens is 1. The van der Waals surface area contributed by atoms with Crippen molar-refractivity contribution < 1.29 is 4.79 Å². The van der Waals surface area contributed by atoms with Crippen LogP contribution in [0.3, 0.4) is 0 Å². The second-order valence-electron chi connectivity index (χ2n) is 4.62. The van der Waals surface area contributed by atoms with Gasteiger partial charge in [-0.2, -0.15) is 0 Å². The van der Waals surface area contributed by atoms with E-state index in [1.807, 2.05) is 44.2 Å². The Hall–Kier alpha value is -1.81. The molecule has 0 atom stereocenters. The van der Waals surface area contributed by atoms with Gasteiger partial charge in [-0.15, -0.1) is 0 Å². The number of carbonyl (C=O) groups is 1. The molecule has 0 aromatic heterocycles. The van der Waals surface area contributed by atoms with Gasteiger partial charge in [0.15, 0.2) is 0 Å². The van der Waals surface area contributed by atoms with E-state index in [1.54, 1.807) is 17.0 Å². The topological polar surface area (TPSA) is 46.3 Å². The molecule has 104 valence electrons. The van der Waals surface area contributed by atoms with Gasteiger partial charge in [-0.1, -0.05) is 33.6 Å². The van der Waals surface area contributed by atoms with Crippen molar-refractivity contribution in [1.82, 2.24) is 0 Å². The number of anilines is 2. The molecular weight excluding hydrogens is 316 g/mol. The van der Waals surface area contributed by atoms with Gasteiger partial charge in [-0.3, -0.25) is 4.79 Å². The summed E-state index contributed by atoms with van der Waals surface area (Å²) in [6.45, 7) is 4.56. The lowest BCUT2D eigenvalue weighted by molar-refractivity contribution is 0.0989. The molecular formula is C16H17BrN2O. The van der Waals surface area contributed by atoms with E-state index >= 15 is 0 Å². The first kappa shape index (κ1) is 14.6. The largest absolute Gasteiger partial charge is 0.398 e. The third kappa shape index (κ3) is 3.02. The monoisotopic (exact) mass is 332 g/mol. The SMILES string of the molecule is CCN(C(=O)c1cc(Br)ccc1N)c1ccc(C)cc1. The average Bonchev–Trinajstić information content (AvgIpc) is 2.44. The Labute approximate surface area is 127 Å². The standard InChI is InChI=1S/C16H17BrN2O/c1-3-19(13-7-4-11(2)5-8-13)16(20)14-10-12(17)6-9-15(14)18/h4-10H,3,18H2,1-2H3. The van der Waals surface area contributed by atoms with Crippen molar-refractivity contribution in [2.75, 3.05) is 17.2 Å². The summed E-state index contributed by atoms with van der Waals surface area (Å²) in [7, 11) is 0. The fourth-order valence-corrected chi connectivity index (χ4v) is 2.39. The molecule has 2 N–H and O–H groups in total. The molecule has 0 aliphatic heterocycles. The molecule has 0 bridgehead atoms. The Kier molecular flexibility index (Phi) is 4.45. The predicted octanol–water partition coefficient (Wildman–Crippen LogP) is 4.01. The van der Waals surface area contributed by atoms with E-state index in [-0.39, 0.29) is 5.91 Å². The number of benzene rings is 2. The molecule has 0 fully saturated rings. The van der Waals surface area contributed by atoms with Crippen LogP contribution in [0, 0.1) is 6.92 Å². The third-order valence-electron chi connectivity index (χ3n) is 3.15. The number of rotatable bonds is 3. The van der Waals surface area contributed by atoms with Crippen molar-refractivity contribution in [3.05, 3.63) is 58.1 Å². The molecule has 20 heavy (non-hydrogen) atoms. The highest BCUT2D eigenvalue weighted by atomic mass is 79.9. The molecule has 4 heteroatoms. The molecule has 0 unspecified atom stereocenters. The van der Waals surface area contributed by atoms with Crippen molar-refractivity contribution in [3.63, 3.8) is 0 Å². The molecule has 0 spiro atoms. The number of nitrogens with two attached hydrogens (primary N) is 1. The zero-order valence-electron chi connectivity index (χ0n) is 11.6. The van der Waals surface area contributed by atoms with Crippen LogP contribution >= 0.6 is 15.9 Å². The molecule has 0 aliphatic rings. The molecule has 0 saturated heterocycles. The van der Waals surface area contributed by atoms with Crippen LogP contribution in [0.4, 0.5) is 11.4 Å². The summed E-state index contributed by atoms with van der Waals surface area (Å²) in [5.74, 6) is -0.0878. The molecule has 0 aliphatic carbocycles. The second kappa shape index (κ2) is 6.09. The van der Waals surface area contributed by atoms with Crippen molar-refractivity contribution in [3.8, 4) is 0 Å². The lowest BCUT2D eigenvalue weighted by atomic mass is 10.1. The molecule has 2 rings (SSSR count). The van der Waals surface area contributed by atoms with Crippen LogP contribution in [0.15, 0.2) is 46.9 Å². The van der Waals surface area contributed by atoms with E-state index in [9.17, 15) is 4.79 Å². The number of nitrogen functional groups attached to an aromatic ring is 1. The summed E-state index contributed by atoms with van der Waals surface area (Å²) >= 11 is 3.38. The van der Waals surface area contributed by atoms with E-state index in [1.165, 1.54) is 5.56 Å². The quantitative estimate of drug-likeness (QED) is 0.863. The Morgan fingerprint density at radius 2 is 1.85 bits per heavy atom. The molecule has 0 saturated carbocycles. The van der Waals surface area contributed by atoms with Gasteiger partial charge in [0.05, 0.1) is 5.56 Å². The molecule has 1 amide bonds.